The van der Waals surface area contributed by atoms with Gasteiger partial charge in [-0.05, 0) is 35.4 Å². The second-order valence-corrected chi connectivity index (χ2v) is 4.33. The predicted molar refractivity (Wildman–Crippen MR) is 70.3 cm³/mol. The van der Waals surface area contributed by atoms with Crippen molar-refractivity contribution in [2.24, 2.45) is 5.73 Å². The van der Waals surface area contributed by atoms with Gasteiger partial charge in [-0.2, -0.15) is 5.26 Å². The molecule has 2 aromatic rings. The molecule has 0 saturated carbocycles. The van der Waals surface area contributed by atoms with Crippen molar-refractivity contribution in [3.8, 4) is 11.8 Å². The quantitative estimate of drug-likeness (QED) is 0.941. The Morgan fingerprint density at radius 3 is 1.86 bits per heavy atom. The summed E-state index contributed by atoms with van der Waals surface area (Å²) >= 11 is 0. The van der Waals surface area contributed by atoms with Crippen LogP contribution in [-0.2, 0) is 0 Å². The highest BCUT2D eigenvalue weighted by molar-refractivity contribution is 5.38. The molecule has 108 valence electrons. The summed E-state index contributed by atoms with van der Waals surface area (Å²) < 4.78 is 40.0. The van der Waals surface area contributed by atoms with Crippen LogP contribution < -0.4 is 10.5 Å². The number of alkyl halides is 3. The smallest absolute Gasteiger partial charge is 0.406 e. The SMILES string of the molecule is N#Cc1ccc([C@H](N)c2ccc(OC(F)(F)F)cc2)cc1. The van der Waals surface area contributed by atoms with Crippen molar-refractivity contribution in [2.75, 3.05) is 0 Å². The van der Waals surface area contributed by atoms with E-state index in [0.29, 0.717) is 11.1 Å². The molecule has 0 saturated heterocycles. The van der Waals surface area contributed by atoms with Crippen molar-refractivity contribution in [2.45, 2.75) is 12.4 Å². The van der Waals surface area contributed by atoms with Crippen LogP contribution in [0.2, 0.25) is 0 Å². The lowest BCUT2D eigenvalue weighted by Gasteiger charge is -2.14. The maximum Gasteiger partial charge on any atom is 0.573 e. The van der Waals surface area contributed by atoms with Gasteiger partial charge in [0.1, 0.15) is 5.75 Å². The van der Waals surface area contributed by atoms with Crippen molar-refractivity contribution in [1.29, 1.82) is 5.26 Å². The average molecular weight is 292 g/mol. The van der Waals surface area contributed by atoms with Gasteiger partial charge in [-0.3, -0.25) is 0 Å². The number of nitriles is 1. The highest BCUT2D eigenvalue weighted by atomic mass is 19.4. The molecule has 0 bridgehead atoms. The summed E-state index contributed by atoms with van der Waals surface area (Å²) in [5.74, 6) is -0.293. The van der Waals surface area contributed by atoms with Crippen LogP contribution in [0.3, 0.4) is 0 Å². The van der Waals surface area contributed by atoms with E-state index in [1.807, 2.05) is 6.07 Å². The highest BCUT2D eigenvalue weighted by Crippen LogP contribution is 2.26. The van der Waals surface area contributed by atoms with Crippen LogP contribution >= 0.6 is 0 Å². The van der Waals surface area contributed by atoms with Crippen molar-refractivity contribution in [3.63, 3.8) is 0 Å². The third kappa shape index (κ3) is 3.97. The van der Waals surface area contributed by atoms with Crippen molar-refractivity contribution in [3.05, 3.63) is 65.2 Å². The Morgan fingerprint density at radius 1 is 0.952 bits per heavy atom. The molecule has 0 heterocycles. The molecular weight excluding hydrogens is 281 g/mol. The molecule has 0 amide bonds. The number of ether oxygens (including phenoxy) is 1. The minimum absolute atomic E-state index is 0.293. The lowest BCUT2D eigenvalue weighted by atomic mass is 9.99. The van der Waals surface area contributed by atoms with Gasteiger partial charge in [0.05, 0.1) is 17.7 Å². The summed E-state index contributed by atoms with van der Waals surface area (Å²) in [6.45, 7) is 0. The summed E-state index contributed by atoms with van der Waals surface area (Å²) in [4.78, 5) is 0. The summed E-state index contributed by atoms with van der Waals surface area (Å²) in [7, 11) is 0. The molecule has 0 aliphatic rings. The lowest BCUT2D eigenvalue weighted by Crippen LogP contribution is -2.17. The Labute approximate surface area is 119 Å². The zero-order valence-corrected chi connectivity index (χ0v) is 10.8. The number of nitrogens with two attached hydrogens (primary N) is 1. The summed E-state index contributed by atoms with van der Waals surface area (Å²) in [6.07, 6.45) is -4.71. The Morgan fingerprint density at radius 2 is 1.43 bits per heavy atom. The Kier molecular flexibility index (Phi) is 4.15. The number of halogens is 3. The first kappa shape index (κ1) is 14.9. The fourth-order valence-corrected chi connectivity index (χ4v) is 1.83. The number of rotatable bonds is 3. The van der Waals surface area contributed by atoms with Gasteiger partial charge < -0.3 is 10.5 Å². The Hall–Kier alpha value is -2.52. The molecule has 0 unspecified atom stereocenters. The molecule has 0 aromatic heterocycles. The molecule has 21 heavy (non-hydrogen) atoms. The Bertz CT molecular complexity index is 643. The molecule has 2 rings (SSSR count). The van der Waals surface area contributed by atoms with Gasteiger partial charge in [-0.15, -0.1) is 13.2 Å². The molecule has 6 heteroatoms. The van der Waals surface area contributed by atoms with Crippen molar-refractivity contribution >= 4 is 0 Å². The lowest BCUT2D eigenvalue weighted by molar-refractivity contribution is -0.274. The summed E-state index contributed by atoms with van der Waals surface area (Å²) in [5, 5.41) is 8.72. The van der Waals surface area contributed by atoms with Gasteiger partial charge in [0.25, 0.3) is 0 Å². The third-order valence-electron chi connectivity index (χ3n) is 2.87. The number of benzene rings is 2. The van der Waals surface area contributed by atoms with Gasteiger partial charge in [0.2, 0.25) is 0 Å². The molecule has 3 nitrogen and oxygen atoms in total. The van der Waals surface area contributed by atoms with E-state index < -0.39 is 12.4 Å². The van der Waals surface area contributed by atoms with Crippen LogP contribution in [0.4, 0.5) is 13.2 Å². The van der Waals surface area contributed by atoms with Crippen LogP contribution in [0.25, 0.3) is 0 Å². The van der Waals surface area contributed by atoms with Gasteiger partial charge in [0, 0.05) is 0 Å². The summed E-state index contributed by atoms with van der Waals surface area (Å²) in [6, 6.07) is 13.6. The number of hydrogen-bond acceptors (Lipinski definition) is 3. The van der Waals surface area contributed by atoms with Crippen LogP contribution in [0.15, 0.2) is 48.5 Å². The minimum Gasteiger partial charge on any atom is -0.406 e. The van der Waals surface area contributed by atoms with Gasteiger partial charge in [0.15, 0.2) is 0 Å². The van der Waals surface area contributed by atoms with E-state index >= 15 is 0 Å². The molecule has 2 N–H and O–H groups in total. The fraction of sp³-hybridized carbons (Fsp3) is 0.133. The zero-order chi connectivity index (χ0) is 15.5. The van der Waals surface area contributed by atoms with E-state index in [4.69, 9.17) is 11.0 Å². The molecule has 0 radical (unpaired) electrons. The van der Waals surface area contributed by atoms with Crippen molar-refractivity contribution < 1.29 is 17.9 Å². The highest BCUT2D eigenvalue weighted by Gasteiger charge is 2.31. The average Bonchev–Trinajstić information content (AvgIpc) is 2.46. The molecule has 0 aliphatic carbocycles. The molecular formula is C15H11F3N2O. The van der Waals surface area contributed by atoms with Crippen LogP contribution in [0.1, 0.15) is 22.7 Å². The molecule has 0 spiro atoms. The van der Waals surface area contributed by atoms with E-state index in [1.54, 1.807) is 24.3 Å². The number of nitrogens with zero attached hydrogens (tertiary/aromatic N) is 1. The maximum atomic E-state index is 12.1. The van der Waals surface area contributed by atoms with Crippen LogP contribution in [0, 0.1) is 11.3 Å². The van der Waals surface area contributed by atoms with E-state index in [2.05, 4.69) is 4.74 Å². The second kappa shape index (κ2) is 5.85. The van der Waals surface area contributed by atoms with Crippen LogP contribution in [0.5, 0.6) is 5.75 Å². The standard InChI is InChI=1S/C15H11F3N2O/c16-15(17,18)21-13-7-5-12(6-8-13)14(20)11-3-1-10(9-19)2-4-11/h1-8,14H,20H2/t14-/m0/s1. The maximum absolute atomic E-state index is 12.1. The first-order valence-corrected chi connectivity index (χ1v) is 6.00. The second-order valence-electron chi connectivity index (χ2n) is 4.33. The van der Waals surface area contributed by atoms with Gasteiger partial charge >= 0.3 is 6.36 Å². The predicted octanol–water partition coefficient (Wildman–Crippen LogP) is 3.50. The molecule has 0 aliphatic heterocycles. The van der Waals surface area contributed by atoms with Crippen molar-refractivity contribution in [1.82, 2.24) is 0 Å². The molecule has 0 fully saturated rings. The van der Waals surface area contributed by atoms with Gasteiger partial charge in [-0.25, -0.2) is 0 Å². The van der Waals surface area contributed by atoms with E-state index in [9.17, 15) is 13.2 Å². The Balaban J connectivity index is 2.15. The number of hydrogen-bond donors (Lipinski definition) is 1. The molecule has 1 atom stereocenters. The monoisotopic (exact) mass is 292 g/mol. The van der Waals surface area contributed by atoms with E-state index in [0.717, 1.165) is 5.56 Å². The minimum atomic E-state index is -4.71. The summed E-state index contributed by atoms with van der Waals surface area (Å²) in [5.41, 5.74) is 7.96. The topological polar surface area (TPSA) is 59.0 Å². The van der Waals surface area contributed by atoms with Gasteiger partial charge in [-0.1, -0.05) is 24.3 Å². The van der Waals surface area contributed by atoms with E-state index in [1.165, 1.54) is 24.3 Å². The largest absolute Gasteiger partial charge is 0.573 e. The zero-order valence-electron chi connectivity index (χ0n) is 10.8. The normalized spacial score (nSPS) is 12.5. The molecule has 2 aromatic carbocycles. The first-order chi connectivity index (χ1) is 9.89. The first-order valence-electron chi connectivity index (χ1n) is 6.00. The third-order valence-corrected chi connectivity index (χ3v) is 2.87. The van der Waals surface area contributed by atoms with Crippen LogP contribution in [-0.4, -0.2) is 6.36 Å². The van der Waals surface area contributed by atoms with E-state index in [-0.39, 0.29) is 5.75 Å². The fourth-order valence-electron chi connectivity index (χ4n) is 1.83.